The van der Waals surface area contributed by atoms with E-state index in [1.54, 1.807) is 0 Å². The van der Waals surface area contributed by atoms with Crippen molar-refractivity contribution in [1.29, 1.82) is 0 Å². The van der Waals surface area contributed by atoms with E-state index in [4.69, 9.17) is 0 Å². The second-order valence-electron chi connectivity index (χ2n) is 7.35. The minimum atomic E-state index is 0.208. The third-order valence-electron chi connectivity index (χ3n) is 4.49. The zero-order chi connectivity index (χ0) is 18.3. The van der Waals surface area contributed by atoms with Crippen molar-refractivity contribution in [2.45, 2.75) is 40.0 Å². The highest BCUT2D eigenvalue weighted by atomic mass is 15.1. The summed E-state index contributed by atoms with van der Waals surface area (Å²) in [6, 6.07) is 17.5. The molecule has 0 N–H and O–H groups in total. The summed E-state index contributed by atoms with van der Waals surface area (Å²) < 4.78 is 0. The molecule has 0 heterocycles. The quantitative estimate of drug-likeness (QED) is 0.541. The Morgan fingerprint density at radius 2 is 1.16 bits per heavy atom. The second-order valence-corrected chi connectivity index (χ2v) is 7.35. The minimum absolute atomic E-state index is 0.208. The van der Waals surface area contributed by atoms with Gasteiger partial charge in [-0.05, 0) is 48.1 Å². The van der Waals surface area contributed by atoms with Crippen LogP contribution < -0.4 is 4.90 Å². The molecule has 0 atom stereocenters. The van der Waals surface area contributed by atoms with E-state index in [-0.39, 0.29) is 5.41 Å². The third-order valence-corrected chi connectivity index (χ3v) is 4.49. The first-order valence-electron chi connectivity index (χ1n) is 9.24. The molecule has 1 nitrogen and oxygen atoms in total. The Labute approximate surface area is 153 Å². The van der Waals surface area contributed by atoms with Crippen molar-refractivity contribution in [3.63, 3.8) is 0 Å². The first kappa shape index (κ1) is 19.1. The van der Waals surface area contributed by atoms with E-state index >= 15 is 0 Å². The molecule has 0 saturated heterocycles. The lowest BCUT2D eigenvalue weighted by molar-refractivity contribution is 0.590. The van der Waals surface area contributed by atoms with Crippen molar-refractivity contribution in [2.75, 3.05) is 18.0 Å². The molecule has 0 radical (unpaired) electrons. The minimum Gasteiger partial charge on any atom is -0.372 e. The van der Waals surface area contributed by atoms with E-state index in [0.29, 0.717) is 0 Å². The third kappa shape index (κ3) is 5.63. The van der Waals surface area contributed by atoms with Crippen molar-refractivity contribution in [1.82, 2.24) is 0 Å². The van der Waals surface area contributed by atoms with Crippen LogP contribution in [-0.4, -0.2) is 13.1 Å². The molecule has 2 aromatic rings. The van der Waals surface area contributed by atoms with E-state index in [2.05, 4.69) is 112 Å². The normalized spacial score (nSPS) is 12.2. The van der Waals surface area contributed by atoms with Crippen molar-refractivity contribution in [2.24, 2.45) is 0 Å². The maximum absolute atomic E-state index is 2.36. The number of allylic oxidation sites excluding steroid dienone is 2. The molecular formula is C24H31N. The van der Waals surface area contributed by atoms with Crippen molar-refractivity contribution in [3.05, 3.63) is 77.4 Å². The van der Waals surface area contributed by atoms with Gasteiger partial charge in [0.05, 0.1) is 0 Å². The molecule has 2 rings (SSSR count). The highest BCUT2D eigenvalue weighted by Crippen LogP contribution is 2.22. The first-order valence-corrected chi connectivity index (χ1v) is 9.24. The summed E-state index contributed by atoms with van der Waals surface area (Å²) in [5.41, 5.74) is 5.32. The molecule has 0 aliphatic carbocycles. The van der Waals surface area contributed by atoms with Crippen LogP contribution in [0, 0.1) is 0 Å². The van der Waals surface area contributed by atoms with Crippen LogP contribution >= 0.6 is 0 Å². The molecule has 0 aromatic heterocycles. The van der Waals surface area contributed by atoms with Gasteiger partial charge in [0.25, 0.3) is 0 Å². The van der Waals surface area contributed by atoms with Gasteiger partial charge >= 0.3 is 0 Å². The molecule has 0 fully saturated rings. The van der Waals surface area contributed by atoms with Crippen molar-refractivity contribution in [3.8, 4) is 0 Å². The molecule has 2 aromatic carbocycles. The molecule has 132 valence electrons. The molecule has 0 aliphatic rings. The van der Waals surface area contributed by atoms with Crippen LogP contribution in [0.4, 0.5) is 5.69 Å². The number of anilines is 1. The Bertz CT molecular complexity index is 693. The molecule has 25 heavy (non-hydrogen) atoms. The fourth-order valence-electron chi connectivity index (χ4n) is 2.81. The Hall–Kier alpha value is -2.28. The summed E-state index contributed by atoms with van der Waals surface area (Å²) in [6.07, 6.45) is 8.49. The summed E-state index contributed by atoms with van der Waals surface area (Å²) in [7, 11) is 0. The van der Waals surface area contributed by atoms with Gasteiger partial charge in [-0.15, -0.1) is 0 Å². The van der Waals surface area contributed by atoms with Crippen LogP contribution in [0.25, 0.3) is 12.2 Å². The zero-order valence-corrected chi connectivity index (χ0v) is 16.3. The van der Waals surface area contributed by atoms with Crippen molar-refractivity contribution >= 4 is 17.8 Å². The molecule has 0 saturated carbocycles. The summed E-state index contributed by atoms with van der Waals surface area (Å²) >= 11 is 0. The maximum Gasteiger partial charge on any atom is 0.0366 e. The molecule has 0 amide bonds. The van der Waals surface area contributed by atoms with E-state index in [1.807, 2.05) is 0 Å². The lowest BCUT2D eigenvalue weighted by Gasteiger charge is -2.20. The van der Waals surface area contributed by atoms with Gasteiger partial charge < -0.3 is 4.90 Å². The molecule has 0 bridgehead atoms. The average Bonchev–Trinajstić information content (AvgIpc) is 2.60. The monoisotopic (exact) mass is 333 g/mol. The smallest absolute Gasteiger partial charge is 0.0366 e. The van der Waals surface area contributed by atoms with Gasteiger partial charge in [-0.2, -0.15) is 0 Å². The molecule has 0 spiro atoms. The standard InChI is InChI=1S/C24H31N/c1-6-25(7-2)23-18-14-21(15-19-23)11-9-8-10-20-12-16-22(17-13-20)24(3,4)5/h8-19H,6-7H2,1-5H3/b10-8+,11-9+. The maximum atomic E-state index is 2.36. The SMILES string of the molecule is CCN(CC)c1ccc(/C=C/C=C/c2ccc(C(C)(C)C)cc2)cc1. The summed E-state index contributed by atoms with van der Waals surface area (Å²) in [5, 5.41) is 0. The Morgan fingerprint density at radius 3 is 1.56 bits per heavy atom. The Morgan fingerprint density at radius 1 is 0.720 bits per heavy atom. The van der Waals surface area contributed by atoms with Gasteiger partial charge in [-0.3, -0.25) is 0 Å². The predicted octanol–water partition coefficient (Wildman–Crippen LogP) is 6.56. The van der Waals surface area contributed by atoms with E-state index in [1.165, 1.54) is 22.4 Å². The predicted molar refractivity (Wildman–Crippen MR) is 113 cm³/mol. The summed E-state index contributed by atoms with van der Waals surface area (Å²) in [6.45, 7) is 13.2. The van der Waals surface area contributed by atoms with Gasteiger partial charge in [0.2, 0.25) is 0 Å². The van der Waals surface area contributed by atoms with Crippen LogP contribution in [-0.2, 0) is 5.41 Å². The van der Waals surface area contributed by atoms with Crippen LogP contribution in [0.1, 0.15) is 51.3 Å². The molecular weight excluding hydrogens is 302 g/mol. The van der Waals surface area contributed by atoms with E-state index < -0.39 is 0 Å². The fraction of sp³-hybridized carbons (Fsp3) is 0.333. The number of nitrogens with zero attached hydrogens (tertiary/aromatic N) is 1. The number of rotatable bonds is 6. The Balaban J connectivity index is 1.97. The molecule has 0 aliphatic heterocycles. The van der Waals surface area contributed by atoms with E-state index in [9.17, 15) is 0 Å². The highest BCUT2D eigenvalue weighted by molar-refractivity contribution is 5.59. The van der Waals surface area contributed by atoms with Crippen LogP contribution in [0.2, 0.25) is 0 Å². The van der Waals surface area contributed by atoms with Crippen LogP contribution in [0.5, 0.6) is 0 Å². The van der Waals surface area contributed by atoms with Crippen molar-refractivity contribution < 1.29 is 0 Å². The lowest BCUT2D eigenvalue weighted by Crippen LogP contribution is -2.21. The second kappa shape index (κ2) is 8.71. The van der Waals surface area contributed by atoms with Gasteiger partial charge in [-0.1, -0.05) is 81.5 Å². The van der Waals surface area contributed by atoms with Gasteiger partial charge in [0, 0.05) is 18.8 Å². The lowest BCUT2D eigenvalue weighted by atomic mass is 9.87. The molecule has 1 heteroatoms. The topological polar surface area (TPSA) is 3.24 Å². The first-order chi connectivity index (χ1) is 11.9. The van der Waals surface area contributed by atoms with Crippen LogP contribution in [0.3, 0.4) is 0 Å². The number of hydrogen-bond donors (Lipinski definition) is 0. The van der Waals surface area contributed by atoms with Gasteiger partial charge in [0.1, 0.15) is 0 Å². The number of benzene rings is 2. The molecule has 0 unspecified atom stereocenters. The highest BCUT2D eigenvalue weighted by Gasteiger charge is 2.12. The van der Waals surface area contributed by atoms with Crippen LogP contribution in [0.15, 0.2) is 60.7 Å². The largest absolute Gasteiger partial charge is 0.372 e. The van der Waals surface area contributed by atoms with Gasteiger partial charge in [-0.25, -0.2) is 0 Å². The van der Waals surface area contributed by atoms with E-state index in [0.717, 1.165) is 13.1 Å². The summed E-state index contributed by atoms with van der Waals surface area (Å²) in [4.78, 5) is 2.36. The number of hydrogen-bond acceptors (Lipinski definition) is 1. The Kier molecular flexibility index (Phi) is 6.64. The summed E-state index contributed by atoms with van der Waals surface area (Å²) in [5.74, 6) is 0. The average molecular weight is 334 g/mol. The van der Waals surface area contributed by atoms with Gasteiger partial charge in [0.15, 0.2) is 0 Å². The zero-order valence-electron chi connectivity index (χ0n) is 16.3. The fourth-order valence-corrected chi connectivity index (χ4v) is 2.81.